The Labute approximate surface area is 423 Å². The Morgan fingerprint density at radius 1 is 0.239 bits per heavy atom. The van der Waals surface area contributed by atoms with Crippen LogP contribution in [0.15, 0.2) is 48.5 Å². The van der Waals surface area contributed by atoms with Crippen LogP contribution in [0.25, 0.3) is 0 Å². The first-order valence-corrected chi connectivity index (χ1v) is 31.1. The van der Waals surface area contributed by atoms with Crippen molar-refractivity contribution in [2.24, 2.45) is 5.41 Å². The van der Waals surface area contributed by atoms with E-state index in [-0.39, 0.29) is 10.8 Å². The third-order valence-corrected chi connectivity index (χ3v) is 16.5. The fraction of sp³-hybridized carbons (Fsp3) is 0.821. The number of unbranched alkanes of at least 4 members (excludes halogenated alkanes) is 41. The van der Waals surface area contributed by atoms with Crippen molar-refractivity contribution in [1.82, 2.24) is 0 Å². The summed E-state index contributed by atoms with van der Waals surface area (Å²) < 4.78 is 0. The maximum atomic E-state index is 3.49. The van der Waals surface area contributed by atoms with Crippen LogP contribution in [0.3, 0.4) is 0 Å². The van der Waals surface area contributed by atoms with Gasteiger partial charge >= 0.3 is 0 Å². The molecule has 0 aromatic heterocycles. The number of rotatable bonds is 52. The Morgan fingerprint density at radius 2 is 0.418 bits per heavy atom. The molecular formula is C67H118. The lowest BCUT2D eigenvalue weighted by Gasteiger charge is -2.53. The van der Waals surface area contributed by atoms with Gasteiger partial charge in [0.05, 0.1) is 0 Å². The molecule has 0 unspecified atom stereocenters. The zero-order chi connectivity index (χ0) is 47.9. The minimum absolute atomic E-state index is 0.0190. The zero-order valence-electron chi connectivity index (χ0n) is 46.3. The molecule has 67 heavy (non-hydrogen) atoms. The second-order valence-electron chi connectivity index (χ2n) is 22.3. The molecule has 0 saturated heterocycles. The highest BCUT2D eigenvalue weighted by atomic mass is 14.5. The average Bonchev–Trinajstić information content (AvgIpc) is 3.36. The van der Waals surface area contributed by atoms with Crippen molar-refractivity contribution < 1.29 is 0 Å². The van der Waals surface area contributed by atoms with Gasteiger partial charge in [-0.2, -0.15) is 0 Å². The maximum Gasteiger partial charge on any atom is 0.0259 e. The highest BCUT2D eigenvalue weighted by Gasteiger charge is 2.51. The molecule has 0 nitrogen and oxygen atoms in total. The van der Waals surface area contributed by atoms with Crippen LogP contribution in [0.5, 0.6) is 0 Å². The fourth-order valence-electron chi connectivity index (χ4n) is 12.3. The minimum Gasteiger partial charge on any atom is -0.0654 e. The van der Waals surface area contributed by atoms with Crippen LogP contribution < -0.4 is 0 Å². The molecule has 386 valence electrons. The molecule has 0 amide bonds. The first-order chi connectivity index (χ1) is 33.2. The van der Waals surface area contributed by atoms with Crippen molar-refractivity contribution in [1.29, 1.82) is 0 Å². The van der Waals surface area contributed by atoms with E-state index in [1.165, 1.54) is 315 Å². The quantitative estimate of drug-likeness (QED) is 0.0580. The molecule has 0 aliphatic rings. The number of benzene rings is 2. The van der Waals surface area contributed by atoms with Gasteiger partial charge in [-0.1, -0.05) is 365 Å². The van der Waals surface area contributed by atoms with E-state index in [0.717, 1.165) is 0 Å². The van der Waals surface area contributed by atoms with Crippen molar-refractivity contribution in [2.75, 3.05) is 0 Å². The van der Waals surface area contributed by atoms with Crippen LogP contribution in [-0.4, -0.2) is 0 Å². The second kappa shape index (κ2) is 45.6. The van der Waals surface area contributed by atoms with E-state index in [2.05, 4.69) is 88.4 Å². The maximum absolute atomic E-state index is 3.49. The van der Waals surface area contributed by atoms with E-state index in [9.17, 15) is 0 Å². The lowest BCUT2D eigenvalue weighted by atomic mass is 9.50. The first kappa shape index (κ1) is 61.6. The highest BCUT2D eigenvalue weighted by Crippen LogP contribution is 2.58. The predicted molar refractivity (Wildman–Crippen MR) is 303 cm³/mol. The van der Waals surface area contributed by atoms with Crippen LogP contribution in [0.1, 0.15) is 353 Å². The Morgan fingerprint density at radius 3 is 0.627 bits per heavy atom. The third-order valence-electron chi connectivity index (χ3n) is 16.5. The van der Waals surface area contributed by atoms with Crippen molar-refractivity contribution in [3.8, 4) is 0 Å². The van der Waals surface area contributed by atoms with E-state index >= 15 is 0 Å². The Kier molecular flexibility index (Phi) is 41.9. The summed E-state index contributed by atoms with van der Waals surface area (Å²) in [6, 6.07) is 26.1. The number of hydrogen-bond donors (Lipinski definition) is 0. The summed E-state index contributed by atoms with van der Waals surface area (Å²) in [5, 5.41) is 0. The molecular weight excluding hydrogens is 805 g/mol. The Balaban J connectivity index is 2.36. The van der Waals surface area contributed by atoms with Crippen LogP contribution >= 0.6 is 0 Å². The molecule has 0 fully saturated rings. The van der Waals surface area contributed by atoms with Gasteiger partial charge in [0.1, 0.15) is 0 Å². The van der Waals surface area contributed by atoms with Crippen molar-refractivity contribution in [3.63, 3.8) is 0 Å². The zero-order valence-corrected chi connectivity index (χ0v) is 46.3. The molecule has 2 aromatic carbocycles. The summed E-state index contributed by atoms with van der Waals surface area (Å²) >= 11 is 0. The molecule has 0 bridgehead atoms. The summed E-state index contributed by atoms with van der Waals surface area (Å²) in [6.45, 7) is 9.35. The molecule has 2 radical (unpaired) electrons. The molecule has 0 saturated carbocycles. The molecule has 0 heterocycles. The average molecular weight is 924 g/mol. The van der Waals surface area contributed by atoms with Gasteiger partial charge < -0.3 is 0 Å². The smallest absolute Gasteiger partial charge is 0.0259 e. The van der Waals surface area contributed by atoms with Gasteiger partial charge in [0.15, 0.2) is 0 Å². The Bertz CT molecular complexity index is 1140. The summed E-state index contributed by atoms with van der Waals surface area (Å²) in [5.41, 5.74) is 3.46. The van der Waals surface area contributed by atoms with Crippen LogP contribution in [0.2, 0.25) is 0 Å². The SMILES string of the molecule is CCCCCCCCCCCCCCC(c1cc[c]cc1)(c1cc[c]cc1)C(CCCCCCCCCCCCC)(CCCCCCCCCCCCC)CCCCCCCCCCCCC. The van der Waals surface area contributed by atoms with Crippen molar-refractivity contribution in [2.45, 2.75) is 348 Å². The third kappa shape index (κ3) is 29.4. The van der Waals surface area contributed by atoms with E-state index in [1.807, 2.05) is 0 Å². The van der Waals surface area contributed by atoms with Crippen LogP contribution in [0, 0.1) is 17.5 Å². The molecule has 0 aliphatic carbocycles. The monoisotopic (exact) mass is 923 g/mol. The standard InChI is InChI=1S/C67H118/c1-5-9-13-17-21-25-29-33-37-41-45-55-63-67(64-56-48-46-49-57-64,65-58-50-47-51-59-65)66(60-52-42-38-34-30-26-22-18-14-10-6-2,61-53-43-39-35-31-27-23-19-15-11-7-3)62-54-44-40-36-32-28-24-20-16-12-8-4/h48-51,56-59H,5-45,52-55,60-63H2,1-4H3. The minimum atomic E-state index is 0.0190. The van der Waals surface area contributed by atoms with E-state index < -0.39 is 0 Å². The van der Waals surface area contributed by atoms with Crippen LogP contribution in [0.4, 0.5) is 0 Å². The number of hydrogen-bond acceptors (Lipinski definition) is 0. The molecule has 2 aromatic rings. The van der Waals surface area contributed by atoms with Gasteiger partial charge in [-0.25, -0.2) is 0 Å². The van der Waals surface area contributed by atoms with Gasteiger partial charge in [0.25, 0.3) is 0 Å². The fourth-order valence-corrected chi connectivity index (χ4v) is 12.3. The molecule has 0 heteroatoms. The summed E-state index contributed by atoms with van der Waals surface area (Å²) in [5.74, 6) is 0. The predicted octanol–water partition coefficient (Wildman–Crippen LogP) is 23.8. The molecule has 0 N–H and O–H groups in total. The van der Waals surface area contributed by atoms with Gasteiger partial charge in [0, 0.05) is 5.41 Å². The molecule has 0 aliphatic heterocycles. The van der Waals surface area contributed by atoms with Crippen LogP contribution in [-0.2, 0) is 5.41 Å². The molecule has 0 atom stereocenters. The normalized spacial score (nSPS) is 12.1. The van der Waals surface area contributed by atoms with Gasteiger partial charge in [-0.3, -0.25) is 0 Å². The Hall–Kier alpha value is -1.56. The summed E-state index contributed by atoms with van der Waals surface area (Å²) in [7, 11) is 0. The highest BCUT2D eigenvalue weighted by molar-refractivity contribution is 5.42. The van der Waals surface area contributed by atoms with Gasteiger partial charge in [-0.05, 0) is 54.4 Å². The topological polar surface area (TPSA) is 0 Å². The van der Waals surface area contributed by atoms with E-state index in [4.69, 9.17) is 0 Å². The van der Waals surface area contributed by atoms with Gasteiger partial charge in [-0.15, -0.1) is 0 Å². The van der Waals surface area contributed by atoms with E-state index in [1.54, 1.807) is 11.1 Å². The van der Waals surface area contributed by atoms with E-state index in [0.29, 0.717) is 0 Å². The van der Waals surface area contributed by atoms with Crippen molar-refractivity contribution in [3.05, 3.63) is 71.8 Å². The molecule has 0 spiro atoms. The molecule has 2 rings (SSSR count). The summed E-state index contributed by atoms with van der Waals surface area (Å²) in [6.07, 6.45) is 69.4. The lowest BCUT2D eigenvalue weighted by Crippen LogP contribution is -2.47. The lowest BCUT2D eigenvalue weighted by molar-refractivity contribution is 0.0817. The van der Waals surface area contributed by atoms with Gasteiger partial charge in [0.2, 0.25) is 0 Å². The second-order valence-corrected chi connectivity index (χ2v) is 22.3. The first-order valence-electron chi connectivity index (χ1n) is 31.1. The largest absolute Gasteiger partial charge is 0.0654 e. The van der Waals surface area contributed by atoms with Crippen molar-refractivity contribution >= 4 is 0 Å². The summed E-state index contributed by atoms with van der Waals surface area (Å²) in [4.78, 5) is 0.